The molecule has 0 radical (unpaired) electrons. The lowest BCUT2D eigenvalue weighted by Gasteiger charge is -2.21. The molecule has 0 spiro atoms. The van der Waals surface area contributed by atoms with Crippen LogP contribution in [0.3, 0.4) is 0 Å². The van der Waals surface area contributed by atoms with E-state index in [0.29, 0.717) is 28.3 Å². The molecule has 3 aromatic rings. The molecule has 0 bridgehead atoms. The van der Waals surface area contributed by atoms with Crippen molar-refractivity contribution in [1.29, 1.82) is 0 Å². The number of hydrogen-bond donors (Lipinski definition) is 2. The summed E-state index contributed by atoms with van der Waals surface area (Å²) in [5, 5.41) is 8.51. The van der Waals surface area contributed by atoms with Crippen LogP contribution in [0.15, 0.2) is 30.5 Å². The van der Waals surface area contributed by atoms with Crippen molar-refractivity contribution in [2.45, 2.75) is 32.7 Å². The van der Waals surface area contributed by atoms with E-state index in [4.69, 9.17) is 22.1 Å². The third kappa shape index (κ3) is 3.22. The number of rotatable bonds is 6. The highest BCUT2D eigenvalue weighted by atomic mass is 35.5. The zero-order chi connectivity index (χ0) is 18.0. The van der Waals surface area contributed by atoms with Gasteiger partial charge >= 0.3 is 0 Å². The predicted molar refractivity (Wildman–Crippen MR) is 102 cm³/mol. The van der Waals surface area contributed by atoms with Crippen molar-refractivity contribution in [2.75, 3.05) is 18.2 Å². The van der Waals surface area contributed by atoms with Gasteiger partial charge in [-0.15, -0.1) is 0 Å². The number of methoxy groups -OCH3 is 1. The maximum absolute atomic E-state index is 6.50. The van der Waals surface area contributed by atoms with E-state index in [1.165, 1.54) is 0 Å². The molecule has 0 atom stereocenters. The Morgan fingerprint density at radius 3 is 2.68 bits per heavy atom. The molecule has 25 heavy (non-hydrogen) atoms. The quantitative estimate of drug-likeness (QED) is 0.688. The first-order valence-corrected chi connectivity index (χ1v) is 8.70. The largest absolute Gasteiger partial charge is 0.497 e. The molecule has 0 saturated carbocycles. The highest BCUT2D eigenvalue weighted by Gasteiger charge is 2.20. The van der Waals surface area contributed by atoms with Crippen molar-refractivity contribution in [3.63, 3.8) is 0 Å². The second-order valence-electron chi connectivity index (χ2n) is 5.83. The van der Waals surface area contributed by atoms with E-state index in [9.17, 15) is 0 Å². The fourth-order valence-electron chi connectivity index (χ4n) is 2.87. The highest BCUT2D eigenvalue weighted by molar-refractivity contribution is 6.33. The van der Waals surface area contributed by atoms with Crippen molar-refractivity contribution in [3.05, 3.63) is 35.5 Å². The van der Waals surface area contributed by atoms with Gasteiger partial charge in [0.15, 0.2) is 5.65 Å². The van der Waals surface area contributed by atoms with Crippen molar-refractivity contribution >= 4 is 28.9 Å². The number of halogens is 1. The van der Waals surface area contributed by atoms with E-state index in [2.05, 4.69) is 29.2 Å². The summed E-state index contributed by atoms with van der Waals surface area (Å²) in [7, 11) is 1.61. The van der Waals surface area contributed by atoms with Crippen LogP contribution in [0.25, 0.3) is 16.8 Å². The van der Waals surface area contributed by atoms with Crippen LogP contribution in [0.1, 0.15) is 26.7 Å². The van der Waals surface area contributed by atoms with Crippen LogP contribution in [0.4, 0.5) is 11.6 Å². The zero-order valence-corrected chi connectivity index (χ0v) is 15.3. The van der Waals surface area contributed by atoms with Gasteiger partial charge in [0.1, 0.15) is 17.4 Å². The summed E-state index contributed by atoms with van der Waals surface area (Å²) in [6, 6.07) is 7.64. The molecule has 0 fully saturated rings. The summed E-state index contributed by atoms with van der Waals surface area (Å²) >= 11 is 6.50. The summed E-state index contributed by atoms with van der Waals surface area (Å²) < 4.78 is 7.01. The molecule has 3 rings (SSSR count). The van der Waals surface area contributed by atoms with Crippen LogP contribution >= 0.6 is 11.6 Å². The van der Waals surface area contributed by atoms with Crippen LogP contribution in [-0.4, -0.2) is 27.7 Å². The Morgan fingerprint density at radius 1 is 1.28 bits per heavy atom. The van der Waals surface area contributed by atoms with Gasteiger partial charge < -0.3 is 15.8 Å². The smallest absolute Gasteiger partial charge is 0.159 e. The van der Waals surface area contributed by atoms with Gasteiger partial charge in [0, 0.05) is 17.7 Å². The summed E-state index contributed by atoms with van der Waals surface area (Å²) in [6.45, 7) is 4.29. The molecule has 2 aromatic heterocycles. The van der Waals surface area contributed by atoms with Gasteiger partial charge in [0.05, 0.1) is 23.9 Å². The van der Waals surface area contributed by atoms with Crippen LogP contribution < -0.4 is 15.8 Å². The average molecular weight is 360 g/mol. The number of hydrogen-bond acceptors (Lipinski definition) is 5. The minimum Gasteiger partial charge on any atom is -0.497 e. The second-order valence-corrected chi connectivity index (χ2v) is 6.23. The topological polar surface area (TPSA) is 77.5 Å². The Morgan fingerprint density at radius 2 is 2.04 bits per heavy atom. The fourth-order valence-corrected chi connectivity index (χ4v) is 3.14. The predicted octanol–water partition coefficient (Wildman–Crippen LogP) is 4.24. The Hall–Kier alpha value is -2.47. The van der Waals surface area contributed by atoms with Crippen LogP contribution in [-0.2, 0) is 0 Å². The third-order valence-electron chi connectivity index (χ3n) is 4.33. The van der Waals surface area contributed by atoms with Crippen molar-refractivity contribution in [2.24, 2.45) is 0 Å². The number of nitrogens with two attached hydrogens (primary N) is 1. The fraction of sp³-hybridized carbons (Fsp3) is 0.333. The minimum absolute atomic E-state index is 0.296. The molecular weight excluding hydrogens is 338 g/mol. The lowest BCUT2D eigenvalue weighted by molar-refractivity contribution is 0.415. The summed E-state index contributed by atoms with van der Waals surface area (Å²) in [5.41, 5.74) is 8.52. The van der Waals surface area contributed by atoms with Crippen molar-refractivity contribution in [1.82, 2.24) is 14.6 Å². The lowest BCUT2D eigenvalue weighted by Crippen LogP contribution is -2.21. The van der Waals surface area contributed by atoms with E-state index in [-0.39, 0.29) is 0 Å². The Bertz CT molecular complexity index is 889. The molecule has 3 N–H and O–H groups in total. The minimum atomic E-state index is 0.296. The second kappa shape index (κ2) is 7.19. The molecular formula is C18H22ClN5O. The Balaban J connectivity index is 2.24. The molecule has 0 aliphatic rings. The molecule has 0 aliphatic carbocycles. The maximum Gasteiger partial charge on any atom is 0.159 e. The molecule has 0 amide bonds. The van der Waals surface area contributed by atoms with Gasteiger partial charge in [-0.25, -0.2) is 4.98 Å². The lowest BCUT2D eigenvalue weighted by atomic mass is 10.1. The van der Waals surface area contributed by atoms with Crippen molar-refractivity contribution in [3.8, 4) is 16.9 Å². The van der Waals surface area contributed by atoms with Crippen LogP contribution in [0.5, 0.6) is 5.75 Å². The van der Waals surface area contributed by atoms with E-state index in [1.54, 1.807) is 23.9 Å². The number of nitrogens with one attached hydrogen (secondary N) is 1. The number of anilines is 2. The number of ether oxygens (including phenoxy) is 1. The highest BCUT2D eigenvalue weighted by Crippen LogP contribution is 2.39. The Kier molecular flexibility index (Phi) is 4.99. The molecule has 6 nitrogen and oxygen atoms in total. The Labute approximate surface area is 152 Å². The molecule has 0 unspecified atom stereocenters. The SMILES string of the molecule is CCC(CC)Nc1c(-c2ccc(OC)cc2Cl)c(N)nc2ccnn12. The first-order chi connectivity index (χ1) is 12.1. The van der Waals surface area contributed by atoms with Crippen LogP contribution in [0.2, 0.25) is 5.02 Å². The van der Waals surface area contributed by atoms with E-state index >= 15 is 0 Å². The number of fused-ring (bicyclic) bond motifs is 1. The van der Waals surface area contributed by atoms with E-state index in [1.807, 2.05) is 18.2 Å². The molecule has 0 saturated heterocycles. The standard InChI is InChI=1S/C18H22ClN5O/c1-4-11(5-2)22-18-16(13-7-6-12(25-3)10-14(13)19)17(20)23-15-8-9-21-24(15)18/h6-11,22H,4-5H2,1-3H3,(H2,20,23). The summed E-state index contributed by atoms with van der Waals surface area (Å²) in [6.07, 6.45) is 3.67. The van der Waals surface area contributed by atoms with Crippen molar-refractivity contribution < 1.29 is 4.74 Å². The number of benzene rings is 1. The maximum atomic E-state index is 6.50. The number of aromatic nitrogens is 3. The van der Waals surface area contributed by atoms with Gasteiger partial charge in [0.25, 0.3) is 0 Å². The van der Waals surface area contributed by atoms with Gasteiger partial charge in [-0.3, -0.25) is 0 Å². The molecule has 0 aliphatic heterocycles. The molecule has 1 aromatic carbocycles. The first-order valence-electron chi connectivity index (χ1n) is 8.32. The van der Waals surface area contributed by atoms with Gasteiger partial charge in [-0.2, -0.15) is 9.61 Å². The van der Waals surface area contributed by atoms with Crippen LogP contribution in [0, 0.1) is 0 Å². The molecule has 7 heteroatoms. The van der Waals surface area contributed by atoms with Gasteiger partial charge in [-0.1, -0.05) is 25.4 Å². The monoisotopic (exact) mass is 359 g/mol. The normalized spacial score (nSPS) is 11.2. The van der Waals surface area contributed by atoms with Gasteiger partial charge in [0.2, 0.25) is 0 Å². The zero-order valence-electron chi connectivity index (χ0n) is 14.6. The first kappa shape index (κ1) is 17.4. The number of nitrogen functional groups attached to an aromatic ring is 1. The van der Waals surface area contributed by atoms with Gasteiger partial charge in [-0.05, 0) is 31.0 Å². The summed E-state index contributed by atoms with van der Waals surface area (Å²) in [4.78, 5) is 4.46. The molecule has 2 heterocycles. The summed E-state index contributed by atoms with van der Waals surface area (Å²) in [5.74, 6) is 1.90. The van der Waals surface area contributed by atoms with E-state index in [0.717, 1.165) is 29.8 Å². The van der Waals surface area contributed by atoms with E-state index < -0.39 is 0 Å². The number of nitrogens with zero attached hydrogens (tertiary/aromatic N) is 3. The molecule has 132 valence electrons. The average Bonchev–Trinajstić information content (AvgIpc) is 3.08. The third-order valence-corrected chi connectivity index (χ3v) is 4.65.